The van der Waals surface area contributed by atoms with Crippen LogP contribution in [0.15, 0.2) is 0 Å². The van der Waals surface area contributed by atoms with E-state index in [9.17, 15) is 14.4 Å². The van der Waals surface area contributed by atoms with Crippen molar-refractivity contribution in [1.82, 2.24) is 0 Å². The third-order valence-corrected chi connectivity index (χ3v) is 2.62. The number of carboxylic acids is 1. The second-order valence-electron chi connectivity index (χ2n) is 3.94. The minimum absolute atomic E-state index is 0.0152. The summed E-state index contributed by atoms with van der Waals surface area (Å²) >= 11 is 0. The monoisotopic (exact) mass is 230 g/mol. The molecule has 0 amide bonds. The number of carboxylic acid groups (broad SMARTS) is 1. The Hall–Kier alpha value is -1.27. The average Bonchev–Trinajstić information content (AvgIpc) is 2.16. The van der Waals surface area contributed by atoms with Crippen LogP contribution in [0, 0.1) is 0 Å². The standard InChI is InChI=1S/C10H18N2O4/c1-6(13)8(11)4-3-5-10(12,7(2)14)9(15)16/h8H,3-5,11-12H2,1-2H3,(H,15,16)/t8?,10-/m1/s1. The van der Waals surface area contributed by atoms with E-state index >= 15 is 0 Å². The zero-order valence-electron chi connectivity index (χ0n) is 9.53. The first-order chi connectivity index (χ1) is 7.21. The summed E-state index contributed by atoms with van der Waals surface area (Å²) in [4.78, 5) is 32.8. The second-order valence-corrected chi connectivity index (χ2v) is 3.94. The van der Waals surface area contributed by atoms with Gasteiger partial charge in [0.1, 0.15) is 5.78 Å². The predicted molar refractivity (Wildman–Crippen MR) is 57.7 cm³/mol. The van der Waals surface area contributed by atoms with Gasteiger partial charge < -0.3 is 16.6 Å². The average molecular weight is 230 g/mol. The van der Waals surface area contributed by atoms with Crippen molar-refractivity contribution in [3.63, 3.8) is 0 Å². The Morgan fingerprint density at radius 1 is 1.31 bits per heavy atom. The van der Waals surface area contributed by atoms with E-state index in [0.717, 1.165) is 6.92 Å². The van der Waals surface area contributed by atoms with Crippen molar-refractivity contribution in [2.75, 3.05) is 0 Å². The Morgan fingerprint density at radius 3 is 2.12 bits per heavy atom. The summed E-state index contributed by atoms with van der Waals surface area (Å²) in [7, 11) is 0. The van der Waals surface area contributed by atoms with E-state index in [1.807, 2.05) is 0 Å². The predicted octanol–water partition coefficient (Wildman–Crippen LogP) is -0.556. The Balaban J connectivity index is 4.31. The number of ketones is 2. The largest absolute Gasteiger partial charge is 0.480 e. The van der Waals surface area contributed by atoms with Crippen molar-refractivity contribution < 1.29 is 19.5 Å². The molecule has 5 N–H and O–H groups in total. The molecular weight excluding hydrogens is 212 g/mol. The molecule has 6 nitrogen and oxygen atoms in total. The van der Waals surface area contributed by atoms with Crippen molar-refractivity contribution >= 4 is 17.5 Å². The molecule has 1 unspecified atom stereocenters. The van der Waals surface area contributed by atoms with Crippen LogP contribution in [0.25, 0.3) is 0 Å². The lowest BCUT2D eigenvalue weighted by Gasteiger charge is -2.21. The van der Waals surface area contributed by atoms with Crippen LogP contribution in [-0.4, -0.2) is 34.2 Å². The van der Waals surface area contributed by atoms with Gasteiger partial charge in [0.15, 0.2) is 11.3 Å². The Morgan fingerprint density at radius 2 is 1.81 bits per heavy atom. The minimum Gasteiger partial charge on any atom is -0.480 e. The van der Waals surface area contributed by atoms with Crippen LogP contribution >= 0.6 is 0 Å². The van der Waals surface area contributed by atoms with E-state index < -0.39 is 23.3 Å². The molecule has 0 bridgehead atoms. The fourth-order valence-electron chi connectivity index (χ4n) is 1.24. The fraction of sp³-hybridized carbons (Fsp3) is 0.700. The first kappa shape index (κ1) is 14.7. The number of hydrogen-bond donors (Lipinski definition) is 3. The molecule has 0 spiro atoms. The molecule has 0 fully saturated rings. The summed E-state index contributed by atoms with van der Waals surface area (Å²) in [6, 6.07) is -0.620. The van der Waals surface area contributed by atoms with Gasteiger partial charge in [0.25, 0.3) is 0 Å². The molecule has 0 heterocycles. The van der Waals surface area contributed by atoms with Crippen LogP contribution in [0.2, 0.25) is 0 Å². The van der Waals surface area contributed by atoms with Gasteiger partial charge in [0.2, 0.25) is 0 Å². The van der Waals surface area contributed by atoms with Gasteiger partial charge in [-0.15, -0.1) is 0 Å². The summed E-state index contributed by atoms with van der Waals surface area (Å²) in [5, 5.41) is 8.83. The summed E-state index contributed by atoms with van der Waals surface area (Å²) < 4.78 is 0. The highest BCUT2D eigenvalue weighted by molar-refractivity contribution is 6.06. The smallest absolute Gasteiger partial charge is 0.331 e. The van der Waals surface area contributed by atoms with E-state index in [2.05, 4.69) is 0 Å². The lowest BCUT2D eigenvalue weighted by atomic mass is 9.89. The van der Waals surface area contributed by atoms with Crippen LogP contribution in [0.3, 0.4) is 0 Å². The van der Waals surface area contributed by atoms with Gasteiger partial charge in [0.05, 0.1) is 6.04 Å². The highest BCUT2D eigenvalue weighted by atomic mass is 16.4. The quantitative estimate of drug-likeness (QED) is 0.504. The summed E-state index contributed by atoms with van der Waals surface area (Å²) in [5.74, 6) is -2.12. The lowest BCUT2D eigenvalue weighted by Crippen LogP contribution is -2.54. The summed E-state index contributed by atoms with van der Waals surface area (Å²) in [5.41, 5.74) is 9.08. The number of Topliss-reactive ketones (excluding diaryl/α,β-unsaturated/α-hetero) is 2. The molecule has 0 aromatic heterocycles. The number of hydrogen-bond acceptors (Lipinski definition) is 5. The maximum atomic E-state index is 11.1. The maximum Gasteiger partial charge on any atom is 0.331 e. The molecule has 0 aliphatic carbocycles. The van der Waals surface area contributed by atoms with Crippen molar-refractivity contribution in [2.24, 2.45) is 11.5 Å². The molecule has 0 aliphatic heterocycles. The molecule has 2 atom stereocenters. The molecule has 92 valence electrons. The third kappa shape index (κ3) is 3.71. The van der Waals surface area contributed by atoms with Gasteiger partial charge in [-0.25, -0.2) is 4.79 Å². The number of carbonyl (C=O) groups excluding carboxylic acids is 2. The molecule has 16 heavy (non-hydrogen) atoms. The third-order valence-electron chi connectivity index (χ3n) is 2.62. The van der Waals surface area contributed by atoms with Gasteiger partial charge in [0, 0.05) is 0 Å². The summed E-state index contributed by atoms with van der Waals surface area (Å²) in [6.45, 7) is 2.50. The molecule has 0 aromatic carbocycles. The molecule has 0 aromatic rings. The first-order valence-electron chi connectivity index (χ1n) is 5.01. The molecule has 0 rings (SSSR count). The number of carbonyl (C=O) groups is 3. The van der Waals surface area contributed by atoms with Gasteiger partial charge in [-0.1, -0.05) is 0 Å². The topological polar surface area (TPSA) is 123 Å². The SMILES string of the molecule is CC(=O)C(N)CCC[C@@](N)(C(C)=O)C(=O)O. The molecule has 0 saturated carbocycles. The second kappa shape index (κ2) is 5.72. The Labute approximate surface area is 94.0 Å². The number of nitrogens with two attached hydrogens (primary N) is 2. The normalized spacial score (nSPS) is 16.2. The van der Waals surface area contributed by atoms with Crippen LogP contribution in [0.5, 0.6) is 0 Å². The Bertz CT molecular complexity index is 287. The van der Waals surface area contributed by atoms with Crippen LogP contribution in [0.4, 0.5) is 0 Å². The highest BCUT2D eigenvalue weighted by Gasteiger charge is 2.38. The Kier molecular flexibility index (Phi) is 5.26. The maximum absolute atomic E-state index is 11.1. The zero-order valence-corrected chi connectivity index (χ0v) is 9.53. The summed E-state index contributed by atoms with van der Waals surface area (Å²) in [6.07, 6.45) is 0.636. The van der Waals surface area contributed by atoms with E-state index in [1.54, 1.807) is 0 Å². The van der Waals surface area contributed by atoms with Gasteiger partial charge >= 0.3 is 5.97 Å². The fourth-order valence-corrected chi connectivity index (χ4v) is 1.24. The number of rotatable bonds is 7. The van der Waals surface area contributed by atoms with Crippen LogP contribution < -0.4 is 11.5 Å². The molecule has 0 aliphatic rings. The van der Waals surface area contributed by atoms with Crippen LogP contribution in [0.1, 0.15) is 33.1 Å². The van der Waals surface area contributed by atoms with Crippen LogP contribution in [-0.2, 0) is 14.4 Å². The van der Waals surface area contributed by atoms with E-state index in [1.165, 1.54) is 6.92 Å². The van der Waals surface area contributed by atoms with Crippen molar-refractivity contribution in [3.8, 4) is 0 Å². The zero-order chi connectivity index (χ0) is 12.9. The van der Waals surface area contributed by atoms with Crippen molar-refractivity contribution in [1.29, 1.82) is 0 Å². The molecule has 0 radical (unpaired) electrons. The van der Waals surface area contributed by atoms with Gasteiger partial charge in [-0.3, -0.25) is 9.59 Å². The molecule has 0 saturated heterocycles. The van der Waals surface area contributed by atoms with E-state index in [4.69, 9.17) is 16.6 Å². The highest BCUT2D eigenvalue weighted by Crippen LogP contribution is 2.14. The van der Waals surface area contributed by atoms with Gasteiger partial charge in [-0.2, -0.15) is 0 Å². The number of aliphatic carboxylic acids is 1. The molecule has 6 heteroatoms. The molecular formula is C10H18N2O4. The van der Waals surface area contributed by atoms with Gasteiger partial charge in [-0.05, 0) is 33.1 Å². The van der Waals surface area contributed by atoms with E-state index in [-0.39, 0.29) is 12.2 Å². The first-order valence-corrected chi connectivity index (χ1v) is 5.01. The minimum atomic E-state index is -1.86. The lowest BCUT2D eigenvalue weighted by molar-refractivity contribution is -0.148. The van der Waals surface area contributed by atoms with E-state index in [0.29, 0.717) is 12.8 Å². The van der Waals surface area contributed by atoms with Crippen molar-refractivity contribution in [3.05, 3.63) is 0 Å². The van der Waals surface area contributed by atoms with Crippen molar-refractivity contribution in [2.45, 2.75) is 44.7 Å².